The maximum Gasteiger partial charge on any atom is 0.261 e. The lowest BCUT2D eigenvalue weighted by atomic mass is 10.0. The first-order valence-corrected chi connectivity index (χ1v) is 12.4. The van der Waals surface area contributed by atoms with Gasteiger partial charge in [0.2, 0.25) is 5.91 Å². The molecule has 1 atom stereocenters. The first-order valence-electron chi connectivity index (χ1n) is 11.2. The Morgan fingerprint density at radius 3 is 2.29 bits per heavy atom. The molecule has 2 amide bonds. The minimum Gasteiger partial charge on any atom is -0.484 e. The number of rotatable bonds is 11. The van der Waals surface area contributed by atoms with Crippen molar-refractivity contribution in [2.75, 3.05) is 13.2 Å². The van der Waals surface area contributed by atoms with Crippen LogP contribution in [0.25, 0.3) is 0 Å². The Bertz CT molecular complexity index is 1060. The summed E-state index contributed by atoms with van der Waals surface area (Å²) in [5, 5.41) is 3.56. The number of halogens is 2. The van der Waals surface area contributed by atoms with Gasteiger partial charge in [0.05, 0.1) is 0 Å². The molecule has 0 spiro atoms. The van der Waals surface area contributed by atoms with E-state index < -0.39 is 6.04 Å². The topological polar surface area (TPSA) is 58.6 Å². The average Bonchev–Trinajstić information content (AvgIpc) is 2.86. The Hall–Kier alpha value is -2.83. The monoisotopic (exact) mass is 542 g/mol. The first-order chi connectivity index (χ1) is 16.5. The van der Waals surface area contributed by atoms with Gasteiger partial charge in [-0.1, -0.05) is 76.9 Å². The van der Waals surface area contributed by atoms with Crippen LogP contribution in [0.3, 0.4) is 0 Å². The van der Waals surface area contributed by atoms with Gasteiger partial charge in [-0.2, -0.15) is 0 Å². The van der Waals surface area contributed by atoms with Gasteiger partial charge in [-0.05, 0) is 53.9 Å². The fourth-order valence-electron chi connectivity index (χ4n) is 3.47. The zero-order valence-electron chi connectivity index (χ0n) is 19.0. The van der Waals surface area contributed by atoms with Crippen molar-refractivity contribution in [3.63, 3.8) is 0 Å². The molecule has 0 aromatic heterocycles. The van der Waals surface area contributed by atoms with Crippen molar-refractivity contribution in [2.45, 2.75) is 32.4 Å². The maximum absolute atomic E-state index is 13.5. The summed E-state index contributed by atoms with van der Waals surface area (Å²) in [7, 11) is 0. The van der Waals surface area contributed by atoms with Crippen LogP contribution in [0.15, 0.2) is 83.3 Å². The average molecular weight is 544 g/mol. The molecule has 0 fully saturated rings. The second kappa shape index (κ2) is 13.2. The van der Waals surface area contributed by atoms with Gasteiger partial charge in [-0.3, -0.25) is 9.59 Å². The normalized spacial score (nSPS) is 11.5. The van der Waals surface area contributed by atoms with E-state index in [4.69, 9.17) is 16.3 Å². The number of benzene rings is 3. The number of carbonyl (C=O) groups is 2. The van der Waals surface area contributed by atoms with Crippen LogP contribution in [0.5, 0.6) is 5.75 Å². The zero-order valence-corrected chi connectivity index (χ0v) is 21.4. The summed E-state index contributed by atoms with van der Waals surface area (Å²) in [6.07, 6.45) is 1.21. The van der Waals surface area contributed by atoms with E-state index in [1.54, 1.807) is 29.2 Å². The van der Waals surface area contributed by atoms with E-state index in [1.165, 1.54) is 0 Å². The number of hydrogen-bond acceptors (Lipinski definition) is 3. The van der Waals surface area contributed by atoms with Gasteiger partial charge in [0.15, 0.2) is 6.61 Å². The van der Waals surface area contributed by atoms with Crippen LogP contribution < -0.4 is 10.1 Å². The molecule has 0 aliphatic heterocycles. The molecule has 7 heteroatoms. The molecule has 34 heavy (non-hydrogen) atoms. The van der Waals surface area contributed by atoms with Crippen molar-refractivity contribution in [2.24, 2.45) is 0 Å². The highest BCUT2D eigenvalue weighted by molar-refractivity contribution is 9.10. The second-order valence-corrected chi connectivity index (χ2v) is 9.24. The van der Waals surface area contributed by atoms with Crippen LogP contribution in [-0.2, 0) is 22.6 Å². The third-order valence-corrected chi connectivity index (χ3v) is 6.04. The number of carbonyl (C=O) groups excluding carboxylic acids is 2. The highest BCUT2D eigenvalue weighted by Crippen LogP contribution is 2.19. The molecule has 1 N–H and O–H groups in total. The predicted octanol–water partition coefficient (Wildman–Crippen LogP) is 5.65. The molecular formula is C27H28BrClN2O3. The summed E-state index contributed by atoms with van der Waals surface area (Å²) in [5.41, 5.74) is 1.90. The smallest absolute Gasteiger partial charge is 0.261 e. The van der Waals surface area contributed by atoms with Crippen LogP contribution in [0.1, 0.15) is 24.5 Å². The van der Waals surface area contributed by atoms with Crippen molar-refractivity contribution in [1.82, 2.24) is 10.2 Å². The Kier molecular flexibility index (Phi) is 9.98. The number of nitrogens with zero attached hydrogens (tertiary/aromatic N) is 1. The van der Waals surface area contributed by atoms with Crippen LogP contribution in [0.2, 0.25) is 5.02 Å². The van der Waals surface area contributed by atoms with Crippen LogP contribution in [-0.4, -0.2) is 35.9 Å². The summed E-state index contributed by atoms with van der Waals surface area (Å²) in [5.74, 6) is 0.0875. The molecule has 0 heterocycles. The summed E-state index contributed by atoms with van der Waals surface area (Å²) < 4.78 is 6.68. The van der Waals surface area contributed by atoms with E-state index in [0.717, 1.165) is 22.0 Å². The Labute approximate surface area is 214 Å². The van der Waals surface area contributed by atoms with Gasteiger partial charge in [-0.25, -0.2) is 0 Å². The quantitative estimate of drug-likeness (QED) is 0.340. The molecule has 0 saturated heterocycles. The third-order valence-electron chi connectivity index (χ3n) is 5.26. The van der Waals surface area contributed by atoms with Crippen molar-refractivity contribution in [3.8, 4) is 5.75 Å². The lowest BCUT2D eigenvalue weighted by Gasteiger charge is -2.31. The van der Waals surface area contributed by atoms with Crippen molar-refractivity contribution in [1.29, 1.82) is 0 Å². The first kappa shape index (κ1) is 25.8. The molecule has 0 aliphatic carbocycles. The predicted molar refractivity (Wildman–Crippen MR) is 139 cm³/mol. The highest BCUT2D eigenvalue weighted by Gasteiger charge is 2.30. The molecule has 0 saturated carbocycles. The largest absolute Gasteiger partial charge is 0.484 e. The summed E-state index contributed by atoms with van der Waals surface area (Å²) in [6, 6.07) is 23.6. The van der Waals surface area contributed by atoms with E-state index in [0.29, 0.717) is 23.7 Å². The van der Waals surface area contributed by atoms with Gasteiger partial charge in [0, 0.05) is 29.0 Å². The van der Waals surface area contributed by atoms with Crippen LogP contribution in [0, 0.1) is 0 Å². The zero-order chi connectivity index (χ0) is 24.3. The summed E-state index contributed by atoms with van der Waals surface area (Å²) >= 11 is 9.39. The van der Waals surface area contributed by atoms with Gasteiger partial charge >= 0.3 is 0 Å². The van der Waals surface area contributed by atoms with Gasteiger partial charge in [0.25, 0.3) is 5.91 Å². The Balaban J connectivity index is 1.87. The molecule has 0 bridgehead atoms. The number of amides is 2. The van der Waals surface area contributed by atoms with Crippen molar-refractivity contribution in [3.05, 3.63) is 99.5 Å². The molecule has 5 nitrogen and oxygen atoms in total. The highest BCUT2D eigenvalue weighted by atomic mass is 79.9. The SMILES string of the molecule is CCCNC(=O)[C@H](Cc1ccccc1)N(Cc1ccc(Br)cc1)C(=O)COc1ccc(Cl)cc1. The minimum atomic E-state index is -0.682. The molecule has 178 valence electrons. The molecule has 0 radical (unpaired) electrons. The fraction of sp³-hybridized carbons (Fsp3) is 0.259. The number of ether oxygens (including phenoxy) is 1. The summed E-state index contributed by atoms with van der Waals surface area (Å²) in [4.78, 5) is 28.3. The van der Waals surface area contributed by atoms with Gasteiger partial charge in [-0.15, -0.1) is 0 Å². The van der Waals surface area contributed by atoms with Crippen molar-refractivity contribution >= 4 is 39.3 Å². The summed E-state index contributed by atoms with van der Waals surface area (Å²) in [6.45, 7) is 2.64. The standard InChI is InChI=1S/C27H28BrClN2O3/c1-2-16-30-27(33)25(17-20-6-4-3-5-7-20)31(18-21-8-10-22(28)11-9-21)26(32)19-34-24-14-12-23(29)13-15-24/h3-15,25H,2,16-19H2,1H3,(H,30,33)/t25-/m0/s1. The lowest BCUT2D eigenvalue weighted by molar-refractivity contribution is -0.142. The van der Waals surface area contributed by atoms with E-state index in [2.05, 4.69) is 21.2 Å². The van der Waals surface area contributed by atoms with E-state index in [1.807, 2.05) is 61.5 Å². The second-order valence-electron chi connectivity index (χ2n) is 7.89. The number of hydrogen-bond donors (Lipinski definition) is 1. The number of nitrogens with one attached hydrogen (secondary N) is 1. The molecule has 0 aliphatic rings. The van der Waals surface area contributed by atoms with E-state index in [-0.39, 0.29) is 25.0 Å². The molecular weight excluding hydrogens is 516 g/mol. The van der Waals surface area contributed by atoms with E-state index >= 15 is 0 Å². The maximum atomic E-state index is 13.5. The fourth-order valence-corrected chi connectivity index (χ4v) is 3.86. The van der Waals surface area contributed by atoms with Crippen LogP contribution >= 0.6 is 27.5 Å². The Morgan fingerprint density at radius 1 is 0.971 bits per heavy atom. The van der Waals surface area contributed by atoms with Crippen LogP contribution in [0.4, 0.5) is 0 Å². The lowest BCUT2D eigenvalue weighted by Crippen LogP contribution is -2.51. The van der Waals surface area contributed by atoms with Gasteiger partial charge < -0.3 is 15.0 Å². The molecule has 0 unspecified atom stereocenters. The Morgan fingerprint density at radius 2 is 1.65 bits per heavy atom. The molecule has 3 rings (SSSR count). The molecule has 3 aromatic rings. The molecule has 3 aromatic carbocycles. The van der Waals surface area contributed by atoms with Crippen molar-refractivity contribution < 1.29 is 14.3 Å². The minimum absolute atomic E-state index is 0.178. The van der Waals surface area contributed by atoms with Gasteiger partial charge in [0.1, 0.15) is 11.8 Å². The third kappa shape index (κ3) is 7.89. The van der Waals surface area contributed by atoms with E-state index in [9.17, 15) is 9.59 Å².